The molecule has 0 bridgehead atoms. The van der Waals surface area contributed by atoms with Crippen LogP contribution >= 0.6 is 0 Å². The van der Waals surface area contributed by atoms with E-state index in [0.717, 1.165) is 25.3 Å². The van der Waals surface area contributed by atoms with E-state index in [1.165, 1.54) is 0 Å². The van der Waals surface area contributed by atoms with Crippen LogP contribution in [-0.4, -0.2) is 31.7 Å². The Morgan fingerprint density at radius 2 is 2.56 bits per heavy atom. The molecule has 1 rings (SSSR count). The lowest BCUT2D eigenvalue weighted by Crippen LogP contribution is -2.46. The molecule has 0 aromatic heterocycles. The normalized spacial score (nSPS) is 20.6. The van der Waals surface area contributed by atoms with Gasteiger partial charge in [-0.15, -0.1) is 0 Å². The molecular formula is C6H13N3. The van der Waals surface area contributed by atoms with Gasteiger partial charge in [-0.05, 0) is 0 Å². The minimum atomic E-state index is 0.904. The number of nitrogens with zero attached hydrogens (tertiary/aromatic N) is 1. The van der Waals surface area contributed by atoms with Gasteiger partial charge in [-0.1, -0.05) is 6.58 Å². The molecule has 0 aromatic carbocycles. The number of piperazine rings is 1. The van der Waals surface area contributed by atoms with Gasteiger partial charge < -0.3 is 10.3 Å². The molecule has 52 valence electrons. The molecule has 0 unspecified atom stereocenters. The molecule has 0 spiro atoms. The summed E-state index contributed by atoms with van der Waals surface area (Å²) in [5.74, 6) is 0. The maximum absolute atomic E-state index is 3.87. The fourth-order valence-corrected chi connectivity index (χ4v) is 0.947. The summed E-state index contributed by atoms with van der Waals surface area (Å²) in [5, 5.41) is 5.27. The van der Waals surface area contributed by atoms with Gasteiger partial charge in [0.05, 0.1) is 0 Å². The Hall–Kier alpha value is -0.540. The molecular weight excluding hydrogens is 114 g/mol. The average molecular weight is 127 g/mol. The van der Waals surface area contributed by atoms with Crippen LogP contribution in [0.15, 0.2) is 12.3 Å². The first-order valence-corrected chi connectivity index (χ1v) is 3.18. The van der Waals surface area contributed by atoms with Crippen LogP contribution < -0.4 is 10.7 Å². The average Bonchev–Trinajstić information content (AvgIpc) is 1.89. The molecule has 2 N–H and O–H groups in total. The summed E-state index contributed by atoms with van der Waals surface area (Å²) in [5.41, 5.74) is 4.16. The molecule has 0 saturated carbocycles. The van der Waals surface area contributed by atoms with E-state index in [0.29, 0.717) is 0 Å². The molecule has 1 saturated heterocycles. The number of hydrogen-bond acceptors (Lipinski definition) is 3. The highest BCUT2D eigenvalue weighted by Gasteiger charge is 2.08. The fourth-order valence-electron chi connectivity index (χ4n) is 0.947. The van der Waals surface area contributed by atoms with E-state index in [4.69, 9.17) is 0 Å². The number of hydrazine groups is 1. The van der Waals surface area contributed by atoms with Crippen LogP contribution in [0.1, 0.15) is 0 Å². The van der Waals surface area contributed by atoms with Gasteiger partial charge in [-0.3, -0.25) is 0 Å². The van der Waals surface area contributed by atoms with Crippen molar-refractivity contribution in [3.8, 4) is 0 Å². The second kappa shape index (κ2) is 2.85. The van der Waals surface area contributed by atoms with Gasteiger partial charge in [0.15, 0.2) is 0 Å². The largest absolute Gasteiger partial charge is 0.311 e. The Labute approximate surface area is 55.7 Å². The Bertz CT molecular complexity index is 111. The van der Waals surface area contributed by atoms with E-state index < -0.39 is 0 Å². The van der Waals surface area contributed by atoms with Crippen LogP contribution in [0.2, 0.25) is 0 Å². The minimum Gasteiger partial charge on any atom is -0.311 e. The van der Waals surface area contributed by atoms with Crippen molar-refractivity contribution in [3.05, 3.63) is 12.3 Å². The summed E-state index contributed by atoms with van der Waals surface area (Å²) >= 11 is 0. The van der Waals surface area contributed by atoms with E-state index in [9.17, 15) is 0 Å². The highest BCUT2D eigenvalue weighted by atomic mass is 15.5. The Morgan fingerprint density at radius 1 is 1.78 bits per heavy atom. The lowest BCUT2D eigenvalue weighted by atomic mass is 10.3. The molecule has 0 aliphatic carbocycles. The van der Waals surface area contributed by atoms with E-state index >= 15 is 0 Å². The maximum atomic E-state index is 3.87. The molecule has 1 heterocycles. The van der Waals surface area contributed by atoms with Gasteiger partial charge in [0.2, 0.25) is 0 Å². The highest BCUT2D eigenvalue weighted by molar-refractivity contribution is 4.97. The van der Waals surface area contributed by atoms with Crippen LogP contribution in [0.5, 0.6) is 0 Å². The summed E-state index contributed by atoms with van der Waals surface area (Å²) in [7, 11) is 1.91. The summed E-state index contributed by atoms with van der Waals surface area (Å²) in [4.78, 5) is 0. The van der Waals surface area contributed by atoms with Crippen LogP contribution in [0.25, 0.3) is 0 Å². The monoisotopic (exact) mass is 127 g/mol. The second-order valence-electron chi connectivity index (χ2n) is 2.12. The van der Waals surface area contributed by atoms with E-state index in [-0.39, 0.29) is 0 Å². The third kappa shape index (κ3) is 1.43. The summed E-state index contributed by atoms with van der Waals surface area (Å²) < 4.78 is 0. The first kappa shape index (κ1) is 6.58. The fraction of sp³-hybridized carbons (Fsp3) is 0.667. The SMILES string of the molecule is C=C1CNCCN1NC. The zero-order chi connectivity index (χ0) is 6.69. The van der Waals surface area contributed by atoms with Crippen LogP contribution in [0.3, 0.4) is 0 Å². The van der Waals surface area contributed by atoms with Crippen molar-refractivity contribution in [2.45, 2.75) is 0 Å². The van der Waals surface area contributed by atoms with Gasteiger partial charge >= 0.3 is 0 Å². The quantitative estimate of drug-likeness (QED) is 0.499. The summed E-state index contributed by atoms with van der Waals surface area (Å²) in [6.07, 6.45) is 0. The van der Waals surface area contributed by atoms with Gasteiger partial charge in [-0.2, -0.15) is 0 Å². The topological polar surface area (TPSA) is 27.3 Å². The van der Waals surface area contributed by atoms with Crippen molar-refractivity contribution in [2.24, 2.45) is 0 Å². The van der Waals surface area contributed by atoms with Gasteiger partial charge in [0.1, 0.15) is 0 Å². The highest BCUT2D eigenvalue weighted by Crippen LogP contribution is 1.98. The first-order chi connectivity index (χ1) is 4.34. The van der Waals surface area contributed by atoms with Crippen molar-refractivity contribution in [1.82, 2.24) is 15.8 Å². The predicted molar refractivity (Wildman–Crippen MR) is 37.8 cm³/mol. The molecule has 0 atom stereocenters. The minimum absolute atomic E-state index is 0.904. The Kier molecular flexibility index (Phi) is 2.08. The van der Waals surface area contributed by atoms with Gasteiger partial charge in [0, 0.05) is 32.4 Å². The maximum Gasteiger partial charge on any atom is 0.0466 e. The zero-order valence-corrected chi connectivity index (χ0v) is 5.78. The molecule has 0 radical (unpaired) electrons. The third-order valence-electron chi connectivity index (χ3n) is 1.49. The summed E-state index contributed by atoms with van der Waals surface area (Å²) in [6, 6.07) is 0. The predicted octanol–water partition coefficient (Wildman–Crippen LogP) is -0.460. The number of hydrogen-bond donors (Lipinski definition) is 2. The molecule has 3 heteroatoms. The number of nitrogens with one attached hydrogen (secondary N) is 2. The van der Waals surface area contributed by atoms with E-state index in [2.05, 4.69) is 22.3 Å². The molecule has 0 aromatic rings. The Morgan fingerprint density at radius 3 is 3.00 bits per heavy atom. The lowest BCUT2D eigenvalue weighted by molar-refractivity contribution is 0.239. The first-order valence-electron chi connectivity index (χ1n) is 3.18. The zero-order valence-electron chi connectivity index (χ0n) is 5.78. The van der Waals surface area contributed by atoms with Crippen LogP contribution in [0, 0.1) is 0 Å². The van der Waals surface area contributed by atoms with Crippen molar-refractivity contribution in [3.63, 3.8) is 0 Å². The molecule has 1 aliphatic heterocycles. The molecule has 9 heavy (non-hydrogen) atoms. The second-order valence-corrected chi connectivity index (χ2v) is 2.12. The molecule has 3 nitrogen and oxygen atoms in total. The van der Waals surface area contributed by atoms with E-state index in [1.807, 2.05) is 7.05 Å². The lowest BCUT2D eigenvalue weighted by Gasteiger charge is -2.30. The third-order valence-corrected chi connectivity index (χ3v) is 1.49. The van der Waals surface area contributed by atoms with Crippen molar-refractivity contribution in [1.29, 1.82) is 0 Å². The van der Waals surface area contributed by atoms with Gasteiger partial charge in [0.25, 0.3) is 0 Å². The van der Waals surface area contributed by atoms with Crippen molar-refractivity contribution in [2.75, 3.05) is 26.7 Å². The van der Waals surface area contributed by atoms with Gasteiger partial charge in [-0.25, -0.2) is 5.43 Å². The van der Waals surface area contributed by atoms with Crippen LogP contribution in [0.4, 0.5) is 0 Å². The molecule has 0 amide bonds. The van der Waals surface area contributed by atoms with Crippen LogP contribution in [-0.2, 0) is 0 Å². The smallest absolute Gasteiger partial charge is 0.0466 e. The number of rotatable bonds is 1. The van der Waals surface area contributed by atoms with E-state index in [1.54, 1.807) is 0 Å². The molecule has 1 aliphatic rings. The standard InChI is InChI=1S/C6H13N3/c1-6-5-8-3-4-9(6)7-2/h7-8H,1,3-5H2,2H3. The van der Waals surface area contributed by atoms with Crippen molar-refractivity contribution < 1.29 is 0 Å². The van der Waals surface area contributed by atoms with Crippen molar-refractivity contribution >= 4 is 0 Å². The Balaban J connectivity index is 2.39. The summed E-state index contributed by atoms with van der Waals surface area (Å²) in [6.45, 7) is 6.82. The molecule has 1 fully saturated rings.